The second-order valence-corrected chi connectivity index (χ2v) is 8.80. The van der Waals surface area contributed by atoms with Crippen LogP contribution >= 0.6 is 0 Å². The van der Waals surface area contributed by atoms with E-state index >= 15 is 0 Å². The third-order valence-electron chi connectivity index (χ3n) is 4.38. The van der Waals surface area contributed by atoms with Crippen molar-refractivity contribution in [2.45, 2.75) is 20.0 Å². The molecule has 3 rings (SSSR count). The van der Waals surface area contributed by atoms with Crippen molar-refractivity contribution in [1.82, 2.24) is 5.32 Å². The molecule has 0 aliphatic rings. The first-order valence-electron chi connectivity index (χ1n) is 9.36. The summed E-state index contributed by atoms with van der Waals surface area (Å²) >= 11 is 0. The van der Waals surface area contributed by atoms with E-state index < -0.39 is 10.0 Å². The summed E-state index contributed by atoms with van der Waals surface area (Å²) in [6.45, 7) is 2.35. The molecule has 0 aliphatic heterocycles. The highest BCUT2D eigenvalue weighted by Crippen LogP contribution is 2.24. The number of nitrogens with zero attached hydrogens (tertiary/aromatic N) is 1. The molecule has 0 atom stereocenters. The molecule has 0 fully saturated rings. The van der Waals surface area contributed by atoms with Crippen LogP contribution in [0.25, 0.3) is 0 Å². The summed E-state index contributed by atoms with van der Waals surface area (Å²) in [4.78, 5) is 11.9. The number of sulfonamides is 1. The summed E-state index contributed by atoms with van der Waals surface area (Å²) < 4.78 is 36.6. The summed E-state index contributed by atoms with van der Waals surface area (Å²) in [6, 6.07) is 17.8. The number of carbonyl (C=O) groups is 1. The second kappa shape index (κ2) is 9.49. The molecule has 30 heavy (non-hydrogen) atoms. The van der Waals surface area contributed by atoms with Crippen molar-refractivity contribution < 1.29 is 22.4 Å². The molecule has 2 aromatic carbocycles. The van der Waals surface area contributed by atoms with E-state index in [1.165, 1.54) is 16.8 Å². The Kier molecular flexibility index (Phi) is 6.79. The molecule has 0 radical (unpaired) electrons. The first kappa shape index (κ1) is 21.4. The molecule has 0 aliphatic carbocycles. The topological polar surface area (TPSA) is 88.8 Å². The van der Waals surface area contributed by atoms with Crippen molar-refractivity contribution in [2.24, 2.45) is 0 Å². The molecule has 0 bridgehead atoms. The van der Waals surface area contributed by atoms with Crippen LogP contribution < -0.4 is 14.4 Å². The maximum Gasteiger partial charge on any atom is 0.258 e. The number of hydrogen-bond acceptors (Lipinski definition) is 5. The van der Waals surface area contributed by atoms with Gasteiger partial charge in [-0.05, 0) is 48.9 Å². The third kappa shape index (κ3) is 6.12. The Bertz CT molecular complexity index is 1060. The van der Waals surface area contributed by atoms with Gasteiger partial charge in [-0.15, -0.1) is 0 Å². The van der Waals surface area contributed by atoms with Crippen LogP contribution in [-0.4, -0.2) is 27.2 Å². The number of rotatable bonds is 9. The van der Waals surface area contributed by atoms with Crippen LogP contribution in [-0.2, 0) is 27.9 Å². The van der Waals surface area contributed by atoms with Gasteiger partial charge in [-0.2, -0.15) is 0 Å². The fraction of sp³-hybridized carbons (Fsp3) is 0.227. The van der Waals surface area contributed by atoms with Gasteiger partial charge in [-0.1, -0.05) is 29.8 Å². The Morgan fingerprint density at radius 2 is 1.77 bits per heavy atom. The van der Waals surface area contributed by atoms with Crippen LogP contribution in [0, 0.1) is 6.92 Å². The van der Waals surface area contributed by atoms with Crippen molar-refractivity contribution in [3.05, 3.63) is 83.8 Å². The van der Waals surface area contributed by atoms with Crippen LogP contribution in [0.5, 0.6) is 5.75 Å². The van der Waals surface area contributed by atoms with Crippen molar-refractivity contribution in [1.29, 1.82) is 0 Å². The van der Waals surface area contributed by atoms with Crippen LogP contribution in [0.15, 0.2) is 71.3 Å². The first-order chi connectivity index (χ1) is 14.3. The van der Waals surface area contributed by atoms with E-state index in [4.69, 9.17) is 9.15 Å². The molecular weight excluding hydrogens is 404 g/mol. The lowest BCUT2D eigenvalue weighted by Crippen LogP contribution is -2.29. The molecule has 0 saturated carbocycles. The van der Waals surface area contributed by atoms with Crippen LogP contribution in [0.3, 0.4) is 0 Å². The minimum Gasteiger partial charge on any atom is -0.484 e. The van der Waals surface area contributed by atoms with Gasteiger partial charge in [0.1, 0.15) is 11.5 Å². The third-order valence-corrected chi connectivity index (χ3v) is 5.52. The Labute approximate surface area is 176 Å². The van der Waals surface area contributed by atoms with Crippen LogP contribution in [0.4, 0.5) is 5.69 Å². The number of ether oxygens (including phenoxy) is 1. The first-order valence-corrected chi connectivity index (χ1v) is 11.2. The van der Waals surface area contributed by atoms with E-state index in [2.05, 4.69) is 5.32 Å². The van der Waals surface area contributed by atoms with Crippen molar-refractivity contribution in [3.8, 4) is 5.75 Å². The monoisotopic (exact) mass is 428 g/mol. The Morgan fingerprint density at radius 1 is 1.07 bits per heavy atom. The molecule has 8 heteroatoms. The van der Waals surface area contributed by atoms with Crippen molar-refractivity contribution >= 4 is 21.6 Å². The van der Waals surface area contributed by atoms with Gasteiger partial charge in [0.05, 0.1) is 31.3 Å². The quantitative estimate of drug-likeness (QED) is 0.565. The molecule has 0 unspecified atom stereocenters. The predicted molar refractivity (Wildman–Crippen MR) is 115 cm³/mol. The fourth-order valence-corrected chi connectivity index (χ4v) is 3.65. The minimum absolute atomic E-state index is 0.154. The lowest BCUT2D eigenvalue weighted by molar-refractivity contribution is -0.123. The number of benzene rings is 2. The highest BCUT2D eigenvalue weighted by atomic mass is 32.2. The molecule has 0 saturated heterocycles. The van der Waals surface area contributed by atoms with E-state index in [1.807, 2.05) is 31.2 Å². The summed E-state index contributed by atoms with van der Waals surface area (Å²) in [6.07, 6.45) is 2.72. The second-order valence-electron chi connectivity index (χ2n) is 6.89. The average molecular weight is 429 g/mol. The summed E-state index contributed by atoms with van der Waals surface area (Å²) in [5.41, 5.74) is 2.52. The largest absolute Gasteiger partial charge is 0.484 e. The number of carbonyl (C=O) groups excluding carboxylic acids is 1. The molecule has 0 spiro atoms. The molecule has 1 aromatic heterocycles. The minimum atomic E-state index is -3.47. The van der Waals surface area contributed by atoms with Gasteiger partial charge < -0.3 is 14.5 Å². The zero-order valence-corrected chi connectivity index (χ0v) is 17.7. The smallest absolute Gasteiger partial charge is 0.258 e. The van der Waals surface area contributed by atoms with Gasteiger partial charge in [0.25, 0.3) is 5.91 Å². The molecule has 3 aromatic rings. The number of anilines is 1. The Balaban J connectivity index is 1.60. The van der Waals surface area contributed by atoms with Crippen molar-refractivity contribution in [2.75, 3.05) is 17.2 Å². The standard InChI is InChI=1S/C22H24N2O5S/c1-17-5-7-18(8-6-17)15-24(30(2,26)27)19-9-11-20(12-10-19)29-16-22(25)23-14-21-4-3-13-28-21/h3-13H,14-16H2,1-2H3,(H,23,25). The maximum absolute atomic E-state index is 12.3. The highest BCUT2D eigenvalue weighted by Gasteiger charge is 2.18. The molecule has 7 nitrogen and oxygen atoms in total. The number of furan rings is 1. The van der Waals surface area contributed by atoms with Crippen molar-refractivity contribution in [3.63, 3.8) is 0 Å². The number of amides is 1. The normalized spacial score (nSPS) is 11.1. The van der Waals surface area contributed by atoms with Crippen LogP contribution in [0.1, 0.15) is 16.9 Å². The molecular formula is C22H24N2O5S. The maximum atomic E-state index is 12.3. The zero-order chi connectivity index (χ0) is 21.6. The van der Waals surface area contributed by atoms with Gasteiger partial charge in [0.15, 0.2) is 6.61 Å². The number of aryl methyl sites for hydroxylation is 1. The summed E-state index contributed by atoms with van der Waals surface area (Å²) in [5.74, 6) is 0.838. The van der Waals surface area contributed by atoms with E-state index in [9.17, 15) is 13.2 Å². The Morgan fingerprint density at radius 3 is 2.37 bits per heavy atom. The van der Waals surface area contributed by atoms with Gasteiger partial charge in [0, 0.05) is 0 Å². The fourth-order valence-electron chi connectivity index (χ4n) is 2.77. The summed E-state index contributed by atoms with van der Waals surface area (Å²) in [7, 11) is -3.47. The van der Waals surface area contributed by atoms with E-state index in [0.717, 1.165) is 11.1 Å². The lowest BCUT2D eigenvalue weighted by Gasteiger charge is -2.23. The SMILES string of the molecule is Cc1ccc(CN(c2ccc(OCC(=O)NCc3ccco3)cc2)S(C)(=O)=O)cc1. The molecule has 158 valence electrons. The van der Waals surface area contributed by atoms with Gasteiger partial charge in [-0.3, -0.25) is 9.10 Å². The van der Waals surface area contributed by atoms with E-state index in [-0.39, 0.29) is 25.6 Å². The van der Waals surface area contributed by atoms with E-state index in [1.54, 1.807) is 36.4 Å². The summed E-state index contributed by atoms with van der Waals surface area (Å²) in [5, 5.41) is 2.69. The molecule has 1 heterocycles. The van der Waals surface area contributed by atoms with Gasteiger partial charge >= 0.3 is 0 Å². The highest BCUT2D eigenvalue weighted by molar-refractivity contribution is 7.92. The van der Waals surface area contributed by atoms with Gasteiger partial charge in [0.2, 0.25) is 10.0 Å². The lowest BCUT2D eigenvalue weighted by atomic mass is 10.1. The van der Waals surface area contributed by atoms with E-state index in [0.29, 0.717) is 17.2 Å². The average Bonchev–Trinajstić information content (AvgIpc) is 3.23. The van der Waals surface area contributed by atoms with Crippen LogP contribution in [0.2, 0.25) is 0 Å². The predicted octanol–water partition coefficient (Wildman–Crippen LogP) is 3.25. The molecule has 1 amide bonds. The Hall–Kier alpha value is -3.26. The van der Waals surface area contributed by atoms with Gasteiger partial charge in [-0.25, -0.2) is 8.42 Å². The number of nitrogens with one attached hydrogen (secondary N) is 1. The number of hydrogen-bond donors (Lipinski definition) is 1. The molecule has 1 N–H and O–H groups in total. The zero-order valence-electron chi connectivity index (χ0n) is 16.9.